The lowest BCUT2D eigenvalue weighted by molar-refractivity contribution is 0.495. The standard InChI is InChI=1S/C16H21BrN4/c1-3-4-11(2)15-14(17)16-19-9-13(10-21(16)20-15)12-5-7-18-8-6-12/h5-8,11,13,19H,3-4,9-10H2,1-2H3. The van der Waals surface area contributed by atoms with Gasteiger partial charge in [0.05, 0.1) is 16.7 Å². The van der Waals surface area contributed by atoms with Gasteiger partial charge in [-0.15, -0.1) is 0 Å². The SMILES string of the molecule is CCCC(C)c1nn2c(c1Br)NCC(c1ccncc1)C2. The molecule has 0 aromatic carbocycles. The van der Waals surface area contributed by atoms with Crippen LogP contribution in [0.2, 0.25) is 0 Å². The van der Waals surface area contributed by atoms with Gasteiger partial charge in [-0.2, -0.15) is 5.10 Å². The maximum absolute atomic E-state index is 4.84. The highest BCUT2D eigenvalue weighted by Crippen LogP contribution is 2.36. The normalized spacial score (nSPS) is 18.9. The molecule has 0 radical (unpaired) electrons. The molecule has 0 spiro atoms. The van der Waals surface area contributed by atoms with E-state index >= 15 is 0 Å². The summed E-state index contributed by atoms with van der Waals surface area (Å²) in [4.78, 5) is 4.10. The van der Waals surface area contributed by atoms with Crippen LogP contribution < -0.4 is 5.32 Å². The molecule has 4 nitrogen and oxygen atoms in total. The molecule has 3 heterocycles. The summed E-state index contributed by atoms with van der Waals surface area (Å²) in [5.74, 6) is 2.06. The first kappa shape index (κ1) is 14.6. The van der Waals surface area contributed by atoms with Gasteiger partial charge in [0, 0.05) is 30.8 Å². The van der Waals surface area contributed by atoms with Crippen molar-refractivity contribution in [3.05, 3.63) is 40.3 Å². The third kappa shape index (κ3) is 2.84. The van der Waals surface area contributed by atoms with Crippen molar-refractivity contribution in [2.45, 2.75) is 45.1 Å². The summed E-state index contributed by atoms with van der Waals surface area (Å²) in [6, 6.07) is 4.19. The lowest BCUT2D eigenvalue weighted by atomic mass is 9.99. The fraction of sp³-hybridized carbons (Fsp3) is 0.500. The summed E-state index contributed by atoms with van der Waals surface area (Å²) in [5, 5.41) is 8.37. The van der Waals surface area contributed by atoms with E-state index in [1.54, 1.807) is 0 Å². The Hall–Kier alpha value is -1.36. The first-order valence-corrected chi connectivity index (χ1v) is 8.40. The summed E-state index contributed by atoms with van der Waals surface area (Å²) >= 11 is 3.73. The molecule has 0 amide bonds. The first-order chi connectivity index (χ1) is 10.2. The number of aromatic nitrogens is 3. The molecule has 3 rings (SSSR count). The third-order valence-corrected chi connectivity index (χ3v) is 4.98. The molecule has 1 aliphatic heterocycles. The van der Waals surface area contributed by atoms with Crippen LogP contribution in [-0.4, -0.2) is 21.3 Å². The maximum Gasteiger partial charge on any atom is 0.139 e. The summed E-state index contributed by atoms with van der Waals surface area (Å²) in [6.45, 7) is 6.33. The molecule has 0 fully saturated rings. The van der Waals surface area contributed by atoms with Gasteiger partial charge in [-0.25, -0.2) is 4.68 Å². The van der Waals surface area contributed by atoms with E-state index in [-0.39, 0.29) is 0 Å². The Balaban J connectivity index is 1.85. The molecule has 0 bridgehead atoms. The van der Waals surface area contributed by atoms with Crippen LogP contribution >= 0.6 is 15.9 Å². The van der Waals surface area contributed by atoms with Crippen molar-refractivity contribution in [1.82, 2.24) is 14.8 Å². The second-order valence-corrected chi connectivity index (χ2v) is 6.57. The minimum atomic E-state index is 0.446. The zero-order valence-corrected chi connectivity index (χ0v) is 14.1. The van der Waals surface area contributed by atoms with E-state index in [4.69, 9.17) is 5.10 Å². The van der Waals surface area contributed by atoms with Crippen LogP contribution in [0.25, 0.3) is 0 Å². The van der Waals surface area contributed by atoms with Crippen molar-refractivity contribution in [3.63, 3.8) is 0 Å². The van der Waals surface area contributed by atoms with Gasteiger partial charge in [-0.05, 0) is 40.0 Å². The molecule has 5 heteroatoms. The largest absolute Gasteiger partial charge is 0.369 e. The maximum atomic E-state index is 4.84. The molecule has 0 aliphatic carbocycles. The predicted molar refractivity (Wildman–Crippen MR) is 88.7 cm³/mol. The van der Waals surface area contributed by atoms with Crippen molar-refractivity contribution in [2.24, 2.45) is 0 Å². The van der Waals surface area contributed by atoms with Crippen molar-refractivity contribution in [1.29, 1.82) is 0 Å². The van der Waals surface area contributed by atoms with Crippen LogP contribution in [-0.2, 0) is 6.54 Å². The highest BCUT2D eigenvalue weighted by molar-refractivity contribution is 9.10. The Labute approximate surface area is 134 Å². The quantitative estimate of drug-likeness (QED) is 0.902. The smallest absolute Gasteiger partial charge is 0.139 e. The number of fused-ring (bicyclic) bond motifs is 1. The predicted octanol–water partition coefficient (Wildman–Crippen LogP) is 4.15. The van der Waals surface area contributed by atoms with Crippen molar-refractivity contribution < 1.29 is 0 Å². The van der Waals surface area contributed by atoms with Crippen LogP contribution in [0.3, 0.4) is 0 Å². The van der Waals surface area contributed by atoms with Crippen LogP contribution in [0.4, 0.5) is 5.82 Å². The Bertz CT molecular complexity index is 608. The average molecular weight is 349 g/mol. The molecule has 0 saturated carbocycles. The third-order valence-electron chi connectivity index (χ3n) is 4.19. The number of anilines is 1. The average Bonchev–Trinajstić information content (AvgIpc) is 2.85. The van der Waals surface area contributed by atoms with E-state index < -0.39 is 0 Å². The van der Waals surface area contributed by atoms with E-state index in [2.05, 4.69) is 56.9 Å². The van der Waals surface area contributed by atoms with E-state index in [1.165, 1.54) is 24.1 Å². The monoisotopic (exact) mass is 348 g/mol. The minimum absolute atomic E-state index is 0.446. The molecule has 2 aromatic heterocycles. The van der Waals surface area contributed by atoms with Gasteiger partial charge in [-0.3, -0.25) is 4.98 Å². The van der Waals surface area contributed by atoms with Gasteiger partial charge in [0.15, 0.2) is 0 Å². The van der Waals surface area contributed by atoms with Crippen LogP contribution in [0.5, 0.6) is 0 Å². The number of hydrogen-bond donors (Lipinski definition) is 1. The van der Waals surface area contributed by atoms with Crippen molar-refractivity contribution in [2.75, 3.05) is 11.9 Å². The topological polar surface area (TPSA) is 42.7 Å². The first-order valence-electron chi connectivity index (χ1n) is 7.60. The molecule has 2 atom stereocenters. The van der Waals surface area contributed by atoms with Crippen LogP contribution in [0.15, 0.2) is 29.0 Å². The fourth-order valence-electron chi connectivity index (χ4n) is 3.00. The Morgan fingerprint density at radius 1 is 1.43 bits per heavy atom. The lowest BCUT2D eigenvalue weighted by Gasteiger charge is -2.25. The molecular formula is C16H21BrN4. The summed E-state index contributed by atoms with van der Waals surface area (Å²) in [5.41, 5.74) is 2.49. The minimum Gasteiger partial charge on any atom is -0.369 e. The number of halogens is 1. The molecular weight excluding hydrogens is 328 g/mol. The van der Waals surface area contributed by atoms with E-state index in [0.29, 0.717) is 11.8 Å². The zero-order valence-electron chi connectivity index (χ0n) is 12.5. The second-order valence-electron chi connectivity index (χ2n) is 5.78. The van der Waals surface area contributed by atoms with Gasteiger partial charge >= 0.3 is 0 Å². The van der Waals surface area contributed by atoms with Gasteiger partial charge < -0.3 is 5.32 Å². The Morgan fingerprint density at radius 2 is 2.19 bits per heavy atom. The van der Waals surface area contributed by atoms with Gasteiger partial charge in [-0.1, -0.05) is 20.3 Å². The fourth-order valence-corrected chi connectivity index (χ4v) is 3.81. The van der Waals surface area contributed by atoms with E-state index in [9.17, 15) is 0 Å². The number of nitrogens with one attached hydrogen (secondary N) is 1. The second kappa shape index (κ2) is 6.18. The number of hydrogen-bond acceptors (Lipinski definition) is 3. The Morgan fingerprint density at radius 3 is 2.90 bits per heavy atom. The molecule has 1 N–H and O–H groups in total. The van der Waals surface area contributed by atoms with E-state index in [0.717, 1.165) is 23.4 Å². The van der Waals surface area contributed by atoms with Gasteiger partial charge in [0.2, 0.25) is 0 Å². The van der Waals surface area contributed by atoms with Gasteiger partial charge in [0.1, 0.15) is 5.82 Å². The molecule has 2 aromatic rings. The molecule has 2 unspecified atom stereocenters. The molecule has 112 valence electrons. The van der Waals surface area contributed by atoms with E-state index in [1.807, 2.05) is 12.4 Å². The molecule has 1 aliphatic rings. The van der Waals surface area contributed by atoms with Crippen molar-refractivity contribution in [3.8, 4) is 0 Å². The van der Waals surface area contributed by atoms with Crippen LogP contribution in [0, 0.1) is 0 Å². The molecule has 21 heavy (non-hydrogen) atoms. The van der Waals surface area contributed by atoms with Crippen molar-refractivity contribution >= 4 is 21.7 Å². The summed E-state index contributed by atoms with van der Waals surface area (Å²) < 4.78 is 3.25. The zero-order chi connectivity index (χ0) is 14.8. The highest BCUT2D eigenvalue weighted by atomic mass is 79.9. The van der Waals surface area contributed by atoms with Crippen LogP contribution in [0.1, 0.15) is 49.8 Å². The van der Waals surface area contributed by atoms with Gasteiger partial charge in [0.25, 0.3) is 0 Å². The Kier molecular flexibility index (Phi) is 4.29. The number of pyridine rings is 1. The lowest BCUT2D eigenvalue weighted by Crippen LogP contribution is -2.26. The molecule has 0 saturated heterocycles. The summed E-state index contributed by atoms with van der Waals surface area (Å²) in [6.07, 6.45) is 6.07. The highest BCUT2D eigenvalue weighted by Gasteiger charge is 2.26. The summed E-state index contributed by atoms with van der Waals surface area (Å²) in [7, 11) is 0. The number of rotatable bonds is 4. The number of nitrogens with zero attached hydrogens (tertiary/aromatic N) is 3.